The highest BCUT2D eigenvalue weighted by Gasteiger charge is 2.21. The van der Waals surface area contributed by atoms with Crippen molar-refractivity contribution in [2.45, 2.75) is 25.8 Å². The van der Waals surface area contributed by atoms with E-state index in [9.17, 15) is 4.79 Å². The van der Waals surface area contributed by atoms with E-state index < -0.39 is 0 Å². The van der Waals surface area contributed by atoms with Crippen LogP contribution in [0.15, 0.2) is 0 Å². The van der Waals surface area contributed by atoms with E-state index in [2.05, 4.69) is 14.6 Å². The highest BCUT2D eigenvalue weighted by atomic mass is 32.1. The van der Waals surface area contributed by atoms with Crippen LogP contribution in [0.5, 0.6) is 0 Å². The molecule has 1 aromatic rings. The van der Waals surface area contributed by atoms with Crippen molar-refractivity contribution < 1.29 is 4.79 Å². The van der Waals surface area contributed by atoms with Gasteiger partial charge in [0, 0.05) is 24.7 Å². The van der Waals surface area contributed by atoms with Crippen molar-refractivity contribution in [1.82, 2.24) is 9.27 Å². The minimum Gasteiger partial charge on any atom is -0.383 e. The Morgan fingerprint density at radius 3 is 2.72 bits per heavy atom. The number of nitrogens with two attached hydrogens (primary N) is 2. The zero-order chi connectivity index (χ0) is 13.1. The Morgan fingerprint density at radius 1 is 1.56 bits per heavy atom. The maximum atomic E-state index is 10.8. The molecule has 18 heavy (non-hydrogen) atoms. The van der Waals surface area contributed by atoms with Gasteiger partial charge in [0.25, 0.3) is 0 Å². The van der Waals surface area contributed by atoms with Gasteiger partial charge in [-0.05, 0) is 31.3 Å². The number of nitrogen functional groups attached to an aromatic ring is 1. The van der Waals surface area contributed by atoms with E-state index in [4.69, 9.17) is 11.5 Å². The fraction of sp³-hybridized carbons (Fsp3) is 0.636. The molecule has 1 fully saturated rings. The maximum Gasteiger partial charge on any atom is 0.231 e. The first-order chi connectivity index (χ1) is 8.56. The zero-order valence-corrected chi connectivity index (χ0v) is 11.3. The summed E-state index contributed by atoms with van der Waals surface area (Å²) in [5.74, 6) is 0.348. The zero-order valence-electron chi connectivity index (χ0n) is 10.5. The van der Waals surface area contributed by atoms with Gasteiger partial charge in [0.05, 0.1) is 6.54 Å². The molecule has 1 aromatic heterocycles. The van der Waals surface area contributed by atoms with Crippen LogP contribution in [0.1, 0.15) is 18.4 Å². The van der Waals surface area contributed by atoms with E-state index in [1.54, 1.807) is 0 Å². The van der Waals surface area contributed by atoms with Gasteiger partial charge in [-0.1, -0.05) is 0 Å². The lowest BCUT2D eigenvalue weighted by Crippen LogP contribution is -2.42. The number of hydrogen-bond acceptors (Lipinski definition) is 6. The predicted molar refractivity (Wildman–Crippen MR) is 73.5 cm³/mol. The van der Waals surface area contributed by atoms with E-state index in [1.165, 1.54) is 11.5 Å². The van der Waals surface area contributed by atoms with Gasteiger partial charge in [-0.3, -0.25) is 9.69 Å². The number of aromatic nitrogens is 1. The second-order valence-corrected chi connectivity index (χ2v) is 5.46. The second-order valence-electron chi connectivity index (χ2n) is 4.68. The lowest BCUT2D eigenvalue weighted by atomic mass is 10.1. The molecule has 0 saturated carbocycles. The molecule has 1 amide bonds. The largest absolute Gasteiger partial charge is 0.383 e. The molecular formula is C11H19N5OS. The summed E-state index contributed by atoms with van der Waals surface area (Å²) in [5.41, 5.74) is 11.9. The molecule has 0 aliphatic carbocycles. The number of carbonyl (C=O) groups is 1. The molecule has 1 aliphatic rings. The van der Waals surface area contributed by atoms with Crippen LogP contribution in [-0.2, 0) is 4.79 Å². The van der Waals surface area contributed by atoms with Crippen LogP contribution in [0, 0.1) is 6.92 Å². The van der Waals surface area contributed by atoms with Gasteiger partial charge < -0.3 is 16.8 Å². The fourth-order valence-electron chi connectivity index (χ4n) is 2.12. The normalized spacial score (nSPS) is 17.8. The van der Waals surface area contributed by atoms with Crippen LogP contribution in [0.3, 0.4) is 0 Å². The number of amides is 1. The van der Waals surface area contributed by atoms with Crippen molar-refractivity contribution in [2.75, 3.05) is 30.7 Å². The van der Waals surface area contributed by atoms with Crippen LogP contribution in [0.25, 0.3) is 0 Å². The van der Waals surface area contributed by atoms with Crippen molar-refractivity contribution in [1.29, 1.82) is 0 Å². The van der Waals surface area contributed by atoms with Gasteiger partial charge in [-0.25, -0.2) is 0 Å². The smallest absolute Gasteiger partial charge is 0.231 e. The molecule has 7 heteroatoms. The summed E-state index contributed by atoms with van der Waals surface area (Å²) >= 11 is 1.41. The van der Waals surface area contributed by atoms with Crippen LogP contribution >= 0.6 is 11.5 Å². The molecule has 2 rings (SSSR count). The predicted octanol–water partition coefficient (Wildman–Crippen LogP) is 0.395. The third-order valence-corrected chi connectivity index (χ3v) is 4.16. The summed E-state index contributed by atoms with van der Waals surface area (Å²) in [4.78, 5) is 12.9. The van der Waals surface area contributed by atoms with Crippen LogP contribution in [0.2, 0.25) is 0 Å². The molecule has 0 aromatic carbocycles. The molecule has 5 N–H and O–H groups in total. The highest BCUT2D eigenvalue weighted by molar-refractivity contribution is 7.10. The highest BCUT2D eigenvalue weighted by Crippen LogP contribution is 2.27. The lowest BCUT2D eigenvalue weighted by molar-refractivity contribution is -0.119. The minimum absolute atomic E-state index is 0.257. The lowest BCUT2D eigenvalue weighted by Gasteiger charge is -2.31. The Kier molecular flexibility index (Phi) is 4.03. The first-order valence-corrected chi connectivity index (χ1v) is 6.82. The Bertz CT molecular complexity index is 425. The molecule has 6 nitrogen and oxygen atoms in total. The maximum absolute atomic E-state index is 10.8. The molecule has 100 valence electrons. The van der Waals surface area contributed by atoms with Gasteiger partial charge in [-0.2, -0.15) is 4.37 Å². The fourth-order valence-corrected chi connectivity index (χ4v) is 2.91. The van der Waals surface area contributed by atoms with Crippen molar-refractivity contribution in [2.24, 2.45) is 5.73 Å². The van der Waals surface area contributed by atoms with Crippen LogP contribution in [-0.4, -0.2) is 40.9 Å². The van der Waals surface area contributed by atoms with E-state index in [-0.39, 0.29) is 5.91 Å². The van der Waals surface area contributed by atoms with E-state index in [0.717, 1.165) is 36.5 Å². The number of carbonyl (C=O) groups excluding carboxylic acids is 1. The van der Waals surface area contributed by atoms with Crippen LogP contribution < -0.4 is 16.8 Å². The Labute approximate surface area is 110 Å². The minimum atomic E-state index is -0.257. The SMILES string of the molecule is Cc1c(N)nsc1NC1CCN(CC(N)=O)CC1. The standard InChI is InChI=1S/C11H19N5OS/c1-7-10(13)15-18-11(7)14-8-2-4-16(5-3-8)6-9(12)17/h8,14H,2-6H2,1H3,(H2,12,17)(H2,13,15). The first-order valence-electron chi connectivity index (χ1n) is 6.05. The number of rotatable bonds is 4. The van der Waals surface area contributed by atoms with E-state index >= 15 is 0 Å². The Hall–Kier alpha value is -1.34. The third kappa shape index (κ3) is 3.11. The third-order valence-electron chi connectivity index (χ3n) is 3.26. The summed E-state index contributed by atoms with van der Waals surface area (Å²) in [7, 11) is 0. The van der Waals surface area contributed by atoms with Crippen molar-refractivity contribution in [3.8, 4) is 0 Å². The number of likely N-dealkylation sites (tertiary alicyclic amines) is 1. The van der Waals surface area contributed by atoms with Gasteiger partial charge in [0.15, 0.2) is 0 Å². The number of primary amides is 1. The molecule has 0 atom stereocenters. The van der Waals surface area contributed by atoms with Crippen molar-refractivity contribution in [3.05, 3.63) is 5.56 Å². The van der Waals surface area contributed by atoms with Gasteiger partial charge >= 0.3 is 0 Å². The Balaban J connectivity index is 1.83. The van der Waals surface area contributed by atoms with E-state index in [0.29, 0.717) is 18.4 Å². The second kappa shape index (κ2) is 5.53. The topological polar surface area (TPSA) is 97.3 Å². The number of hydrogen-bond donors (Lipinski definition) is 3. The molecule has 1 aliphatic heterocycles. The van der Waals surface area contributed by atoms with Crippen molar-refractivity contribution in [3.63, 3.8) is 0 Å². The quantitative estimate of drug-likeness (QED) is 0.735. The van der Waals surface area contributed by atoms with Gasteiger partial charge in [0.2, 0.25) is 5.91 Å². The number of anilines is 2. The van der Waals surface area contributed by atoms with Crippen LogP contribution in [0.4, 0.5) is 10.8 Å². The number of nitrogens with zero attached hydrogens (tertiary/aromatic N) is 2. The average Bonchev–Trinajstić information content (AvgIpc) is 2.63. The Morgan fingerprint density at radius 2 is 2.22 bits per heavy atom. The summed E-state index contributed by atoms with van der Waals surface area (Å²) in [6.45, 7) is 4.13. The molecule has 1 saturated heterocycles. The monoisotopic (exact) mass is 269 g/mol. The number of nitrogens with one attached hydrogen (secondary N) is 1. The molecule has 0 spiro atoms. The molecule has 0 unspecified atom stereocenters. The summed E-state index contributed by atoms with van der Waals surface area (Å²) in [5, 5.41) is 4.53. The summed E-state index contributed by atoms with van der Waals surface area (Å²) in [6.07, 6.45) is 2.01. The molecule has 0 bridgehead atoms. The summed E-state index contributed by atoms with van der Waals surface area (Å²) in [6, 6.07) is 0.424. The van der Waals surface area contributed by atoms with E-state index in [1.807, 2.05) is 6.92 Å². The molecule has 2 heterocycles. The first kappa shape index (κ1) is 13.1. The molecular weight excluding hydrogens is 250 g/mol. The summed E-state index contributed by atoms with van der Waals surface area (Å²) < 4.78 is 4.12. The molecule has 0 radical (unpaired) electrons. The van der Waals surface area contributed by atoms with Gasteiger partial charge in [-0.15, -0.1) is 0 Å². The average molecular weight is 269 g/mol. The van der Waals surface area contributed by atoms with Gasteiger partial charge in [0.1, 0.15) is 10.8 Å². The van der Waals surface area contributed by atoms with Crippen molar-refractivity contribution >= 4 is 28.3 Å². The number of piperidine rings is 1.